The number of hydrogen-bond donors (Lipinski definition) is 1. The maximum Gasteiger partial charge on any atom is 0.307 e. The van der Waals surface area contributed by atoms with Crippen LogP contribution in [0, 0.1) is 11.3 Å². The molecule has 0 radical (unpaired) electrons. The van der Waals surface area contributed by atoms with E-state index >= 15 is 0 Å². The molecule has 1 aromatic carbocycles. The van der Waals surface area contributed by atoms with E-state index in [0.29, 0.717) is 12.2 Å². The van der Waals surface area contributed by atoms with Gasteiger partial charge < -0.3 is 9.84 Å². The third-order valence-electron chi connectivity index (χ3n) is 3.28. The summed E-state index contributed by atoms with van der Waals surface area (Å²) in [5.41, 5.74) is 0.411. The van der Waals surface area contributed by atoms with Crippen molar-refractivity contribution in [2.75, 3.05) is 0 Å². The van der Waals surface area contributed by atoms with Crippen molar-refractivity contribution in [3.05, 3.63) is 29.8 Å². The van der Waals surface area contributed by atoms with Gasteiger partial charge in [-0.15, -0.1) is 0 Å². The Labute approximate surface area is 106 Å². The second kappa shape index (κ2) is 5.09. The lowest BCUT2D eigenvalue weighted by molar-refractivity contribution is -0.144. The van der Waals surface area contributed by atoms with Gasteiger partial charge in [0.25, 0.3) is 0 Å². The van der Waals surface area contributed by atoms with Crippen molar-refractivity contribution in [3.8, 4) is 11.8 Å². The molecule has 0 amide bonds. The molecule has 4 nitrogen and oxygen atoms in total. The Kier molecular flexibility index (Phi) is 3.52. The monoisotopic (exact) mass is 245 g/mol. The second-order valence-electron chi connectivity index (χ2n) is 4.69. The Hall–Kier alpha value is -2.02. The van der Waals surface area contributed by atoms with Gasteiger partial charge in [-0.25, -0.2) is 0 Å². The summed E-state index contributed by atoms with van der Waals surface area (Å²) in [6.45, 7) is 0. The zero-order valence-electron chi connectivity index (χ0n) is 10.1. The molecule has 18 heavy (non-hydrogen) atoms. The largest absolute Gasteiger partial charge is 0.487 e. The number of hydrogen-bond acceptors (Lipinski definition) is 3. The molecule has 1 aromatic rings. The van der Waals surface area contributed by atoms with E-state index in [0.717, 1.165) is 24.8 Å². The fraction of sp³-hybridized carbons (Fsp3) is 0.429. The summed E-state index contributed by atoms with van der Waals surface area (Å²) < 4.78 is 5.82. The van der Waals surface area contributed by atoms with Gasteiger partial charge in [-0.05, 0) is 37.0 Å². The van der Waals surface area contributed by atoms with Crippen LogP contribution in [-0.4, -0.2) is 16.7 Å². The topological polar surface area (TPSA) is 70.3 Å². The van der Waals surface area contributed by atoms with Crippen molar-refractivity contribution in [1.29, 1.82) is 5.26 Å². The lowest BCUT2D eigenvalue weighted by Crippen LogP contribution is -2.45. The minimum atomic E-state index is -0.823. The lowest BCUT2D eigenvalue weighted by atomic mass is 9.77. The molecule has 0 unspecified atom stereocenters. The summed E-state index contributed by atoms with van der Waals surface area (Å²) in [5, 5.41) is 17.5. The van der Waals surface area contributed by atoms with E-state index in [-0.39, 0.29) is 6.42 Å². The van der Waals surface area contributed by atoms with Gasteiger partial charge in [0.1, 0.15) is 11.4 Å². The number of rotatable bonds is 5. The van der Waals surface area contributed by atoms with Crippen LogP contribution in [0.3, 0.4) is 0 Å². The van der Waals surface area contributed by atoms with Crippen LogP contribution in [0.4, 0.5) is 0 Å². The van der Waals surface area contributed by atoms with E-state index in [4.69, 9.17) is 15.1 Å². The van der Waals surface area contributed by atoms with Crippen molar-refractivity contribution in [2.45, 2.75) is 37.7 Å². The zero-order valence-corrected chi connectivity index (χ0v) is 10.1. The normalized spacial score (nSPS) is 16.4. The van der Waals surface area contributed by atoms with Gasteiger partial charge in [-0.3, -0.25) is 4.79 Å². The van der Waals surface area contributed by atoms with E-state index < -0.39 is 11.6 Å². The Balaban J connectivity index is 2.04. The van der Waals surface area contributed by atoms with Crippen LogP contribution in [0.2, 0.25) is 0 Å². The van der Waals surface area contributed by atoms with Crippen LogP contribution < -0.4 is 4.74 Å². The molecule has 0 spiro atoms. The van der Waals surface area contributed by atoms with Gasteiger partial charge in [0.15, 0.2) is 0 Å². The molecule has 1 saturated carbocycles. The van der Waals surface area contributed by atoms with E-state index in [1.807, 2.05) is 12.1 Å². The molecule has 4 heteroatoms. The molecular weight excluding hydrogens is 230 g/mol. The maximum absolute atomic E-state index is 10.8. The first kappa shape index (κ1) is 12.4. The predicted octanol–water partition coefficient (Wildman–Crippen LogP) is 2.53. The smallest absolute Gasteiger partial charge is 0.307 e. The molecule has 1 aliphatic carbocycles. The molecule has 1 fully saturated rings. The number of ether oxygens (including phenoxy) is 1. The number of carboxylic acid groups (broad SMARTS) is 1. The Bertz CT molecular complexity index is 469. The van der Waals surface area contributed by atoms with Crippen molar-refractivity contribution in [2.24, 2.45) is 0 Å². The molecule has 1 N–H and O–H groups in total. The predicted molar refractivity (Wildman–Crippen MR) is 65.2 cm³/mol. The van der Waals surface area contributed by atoms with Gasteiger partial charge in [-0.2, -0.15) is 5.26 Å². The molecule has 0 bridgehead atoms. The molecule has 0 aromatic heterocycles. The summed E-state index contributed by atoms with van der Waals surface area (Å²) in [7, 11) is 0. The van der Waals surface area contributed by atoms with E-state index in [1.54, 1.807) is 12.1 Å². The average molecular weight is 245 g/mol. The fourth-order valence-corrected chi connectivity index (χ4v) is 2.18. The van der Waals surface area contributed by atoms with Crippen LogP contribution in [-0.2, 0) is 11.2 Å². The lowest BCUT2D eigenvalue weighted by Gasteiger charge is -2.40. The average Bonchev–Trinajstić information content (AvgIpc) is 2.28. The molecule has 0 heterocycles. The highest BCUT2D eigenvalue weighted by Gasteiger charge is 2.41. The standard InChI is InChI=1S/C14H15NO3/c15-9-6-11-2-4-12(5-3-11)18-14(7-1-8-14)10-13(16)17/h2-5H,1,6-8,10H2,(H,16,17). The van der Waals surface area contributed by atoms with Crippen LogP contribution in [0.5, 0.6) is 5.75 Å². The van der Waals surface area contributed by atoms with E-state index in [1.165, 1.54) is 0 Å². The fourth-order valence-electron chi connectivity index (χ4n) is 2.18. The molecule has 0 aliphatic heterocycles. The molecule has 94 valence electrons. The molecule has 2 rings (SSSR count). The molecule has 1 aliphatic rings. The maximum atomic E-state index is 10.8. The number of aliphatic carboxylic acids is 1. The molecular formula is C14H15NO3. The first-order valence-electron chi connectivity index (χ1n) is 6.00. The van der Waals surface area contributed by atoms with Crippen molar-refractivity contribution >= 4 is 5.97 Å². The summed E-state index contributed by atoms with van der Waals surface area (Å²) >= 11 is 0. The minimum Gasteiger partial charge on any atom is -0.487 e. The van der Waals surface area contributed by atoms with E-state index in [9.17, 15) is 4.79 Å². The first-order chi connectivity index (χ1) is 8.63. The van der Waals surface area contributed by atoms with Gasteiger partial charge in [-0.1, -0.05) is 12.1 Å². The first-order valence-corrected chi connectivity index (χ1v) is 6.00. The van der Waals surface area contributed by atoms with Crippen LogP contribution in [0.15, 0.2) is 24.3 Å². The number of nitriles is 1. The van der Waals surface area contributed by atoms with Crippen molar-refractivity contribution in [3.63, 3.8) is 0 Å². The summed E-state index contributed by atoms with van der Waals surface area (Å²) in [5.74, 6) is -0.145. The Morgan fingerprint density at radius 2 is 2.06 bits per heavy atom. The van der Waals surface area contributed by atoms with Gasteiger partial charge in [0, 0.05) is 0 Å². The number of carboxylic acids is 1. The van der Waals surface area contributed by atoms with Crippen molar-refractivity contribution in [1.82, 2.24) is 0 Å². The third-order valence-corrected chi connectivity index (χ3v) is 3.28. The van der Waals surface area contributed by atoms with E-state index in [2.05, 4.69) is 6.07 Å². The second-order valence-corrected chi connectivity index (χ2v) is 4.69. The van der Waals surface area contributed by atoms with Gasteiger partial charge in [0.05, 0.1) is 18.9 Å². The SMILES string of the molecule is N#CCc1ccc(OC2(CC(=O)O)CCC2)cc1. The molecule has 0 atom stereocenters. The highest BCUT2D eigenvalue weighted by Crippen LogP contribution is 2.39. The number of benzene rings is 1. The van der Waals surface area contributed by atoms with Gasteiger partial charge >= 0.3 is 5.97 Å². The quantitative estimate of drug-likeness (QED) is 0.865. The summed E-state index contributed by atoms with van der Waals surface area (Å²) in [6, 6.07) is 9.36. The summed E-state index contributed by atoms with van der Waals surface area (Å²) in [6.07, 6.45) is 3.02. The minimum absolute atomic E-state index is 0.0486. The van der Waals surface area contributed by atoms with Crippen LogP contribution in [0.25, 0.3) is 0 Å². The number of nitrogens with zero attached hydrogens (tertiary/aromatic N) is 1. The van der Waals surface area contributed by atoms with Crippen LogP contribution in [0.1, 0.15) is 31.2 Å². The molecule has 0 saturated heterocycles. The zero-order chi connectivity index (χ0) is 13.0. The highest BCUT2D eigenvalue weighted by molar-refractivity contribution is 5.68. The number of carbonyl (C=O) groups is 1. The van der Waals surface area contributed by atoms with Gasteiger partial charge in [0.2, 0.25) is 0 Å². The Morgan fingerprint density at radius 3 is 2.50 bits per heavy atom. The highest BCUT2D eigenvalue weighted by atomic mass is 16.5. The van der Waals surface area contributed by atoms with Crippen molar-refractivity contribution < 1.29 is 14.6 Å². The summed E-state index contributed by atoms with van der Waals surface area (Å²) in [4.78, 5) is 10.8. The van der Waals surface area contributed by atoms with Crippen LogP contribution >= 0.6 is 0 Å². The third kappa shape index (κ3) is 2.80. The Morgan fingerprint density at radius 1 is 1.39 bits per heavy atom.